The number of nitrogens with one attached hydrogen (secondary N) is 2. The fraction of sp³-hybridized carbons (Fsp3) is 0.238. The molecule has 6 heteroatoms. The number of aromatic nitrogens is 2. The number of benzene rings is 2. The summed E-state index contributed by atoms with van der Waals surface area (Å²) in [5.41, 5.74) is 3.91. The molecule has 0 aliphatic heterocycles. The van der Waals surface area contributed by atoms with Crippen LogP contribution in [0.25, 0.3) is 0 Å². The van der Waals surface area contributed by atoms with Crippen LogP contribution in [0.1, 0.15) is 18.2 Å². The number of para-hydroxylation sites is 1. The van der Waals surface area contributed by atoms with Gasteiger partial charge in [-0.25, -0.2) is 4.98 Å². The Bertz CT molecular complexity index is 928. The van der Waals surface area contributed by atoms with Crippen molar-refractivity contribution in [2.75, 3.05) is 24.9 Å². The fourth-order valence-corrected chi connectivity index (χ4v) is 2.80. The number of methoxy groups -OCH3 is 2. The molecule has 3 aromatic rings. The highest BCUT2D eigenvalue weighted by Gasteiger charge is 2.09. The van der Waals surface area contributed by atoms with Crippen LogP contribution in [0.4, 0.5) is 23.1 Å². The molecular formula is C21H24N4O2. The van der Waals surface area contributed by atoms with Crippen LogP contribution in [0, 0.1) is 6.92 Å². The number of rotatable bonds is 7. The maximum Gasteiger partial charge on any atom is 0.229 e. The molecular weight excluding hydrogens is 340 g/mol. The summed E-state index contributed by atoms with van der Waals surface area (Å²) in [5.74, 6) is 2.61. The van der Waals surface area contributed by atoms with Crippen molar-refractivity contribution >= 4 is 23.1 Å². The fourth-order valence-electron chi connectivity index (χ4n) is 2.80. The lowest BCUT2D eigenvalue weighted by Crippen LogP contribution is -2.04. The molecule has 1 aromatic heterocycles. The third kappa shape index (κ3) is 4.47. The lowest BCUT2D eigenvalue weighted by atomic mass is 10.1. The predicted molar refractivity (Wildman–Crippen MR) is 109 cm³/mol. The maximum atomic E-state index is 5.43. The van der Waals surface area contributed by atoms with Gasteiger partial charge in [-0.1, -0.05) is 25.1 Å². The lowest BCUT2D eigenvalue weighted by molar-refractivity contribution is 0.395. The average molecular weight is 364 g/mol. The molecule has 0 fully saturated rings. The van der Waals surface area contributed by atoms with Gasteiger partial charge in [0.1, 0.15) is 17.3 Å². The highest BCUT2D eigenvalue weighted by atomic mass is 16.5. The van der Waals surface area contributed by atoms with Gasteiger partial charge in [0.25, 0.3) is 0 Å². The first kappa shape index (κ1) is 18.5. The van der Waals surface area contributed by atoms with Gasteiger partial charge in [-0.2, -0.15) is 4.98 Å². The van der Waals surface area contributed by atoms with Crippen molar-refractivity contribution in [1.82, 2.24) is 9.97 Å². The zero-order valence-electron chi connectivity index (χ0n) is 16.0. The van der Waals surface area contributed by atoms with E-state index in [4.69, 9.17) is 9.47 Å². The van der Waals surface area contributed by atoms with Gasteiger partial charge in [-0.3, -0.25) is 0 Å². The summed E-state index contributed by atoms with van der Waals surface area (Å²) < 4.78 is 10.7. The molecule has 0 atom stereocenters. The Morgan fingerprint density at radius 1 is 0.889 bits per heavy atom. The molecule has 0 spiro atoms. The zero-order chi connectivity index (χ0) is 19.2. The summed E-state index contributed by atoms with van der Waals surface area (Å²) in [5, 5.41) is 6.62. The SMILES string of the molecule is CCc1ccccc1Nc1cc(C)nc(Nc2ccc(OC)cc2OC)n1. The Labute approximate surface area is 159 Å². The second-order valence-electron chi connectivity index (χ2n) is 6.05. The van der Waals surface area contributed by atoms with Crippen molar-refractivity contribution in [3.8, 4) is 11.5 Å². The number of nitrogens with zero attached hydrogens (tertiary/aromatic N) is 2. The average Bonchev–Trinajstić information content (AvgIpc) is 2.68. The molecule has 0 aliphatic carbocycles. The standard InChI is InChI=1S/C21H24N4O2/c1-5-15-8-6-7-9-17(15)23-20-12-14(2)22-21(25-20)24-18-11-10-16(26-3)13-19(18)27-4/h6-13H,5H2,1-4H3,(H2,22,23,24,25). The first-order valence-electron chi connectivity index (χ1n) is 8.82. The number of hydrogen-bond donors (Lipinski definition) is 2. The minimum atomic E-state index is 0.495. The number of hydrogen-bond acceptors (Lipinski definition) is 6. The van der Waals surface area contributed by atoms with Crippen molar-refractivity contribution in [2.45, 2.75) is 20.3 Å². The van der Waals surface area contributed by atoms with E-state index < -0.39 is 0 Å². The molecule has 0 aliphatic rings. The van der Waals surface area contributed by atoms with Crippen molar-refractivity contribution < 1.29 is 9.47 Å². The van der Waals surface area contributed by atoms with E-state index in [1.54, 1.807) is 14.2 Å². The molecule has 0 saturated carbocycles. The van der Waals surface area contributed by atoms with Gasteiger partial charge >= 0.3 is 0 Å². The quantitative estimate of drug-likeness (QED) is 0.624. The molecule has 2 N–H and O–H groups in total. The summed E-state index contributed by atoms with van der Waals surface area (Å²) >= 11 is 0. The molecule has 0 radical (unpaired) electrons. The van der Waals surface area contributed by atoms with Crippen LogP contribution in [-0.2, 0) is 6.42 Å². The molecule has 2 aromatic carbocycles. The Balaban J connectivity index is 1.88. The highest BCUT2D eigenvalue weighted by Crippen LogP contribution is 2.31. The van der Waals surface area contributed by atoms with Gasteiger partial charge < -0.3 is 20.1 Å². The normalized spacial score (nSPS) is 10.4. The molecule has 6 nitrogen and oxygen atoms in total. The third-order valence-electron chi connectivity index (χ3n) is 4.17. The van der Waals surface area contributed by atoms with Gasteiger partial charge in [-0.05, 0) is 37.1 Å². The van der Waals surface area contributed by atoms with E-state index in [9.17, 15) is 0 Å². The van der Waals surface area contributed by atoms with E-state index in [-0.39, 0.29) is 0 Å². The maximum absolute atomic E-state index is 5.43. The number of ether oxygens (including phenoxy) is 2. The summed E-state index contributed by atoms with van der Waals surface area (Å²) in [6.07, 6.45) is 0.946. The van der Waals surface area contributed by atoms with Gasteiger partial charge in [0.15, 0.2) is 0 Å². The van der Waals surface area contributed by atoms with Gasteiger partial charge in [0.05, 0.1) is 19.9 Å². The van der Waals surface area contributed by atoms with Crippen LogP contribution >= 0.6 is 0 Å². The van der Waals surface area contributed by atoms with E-state index in [1.165, 1.54) is 5.56 Å². The van der Waals surface area contributed by atoms with Gasteiger partial charge in [0.2, 0.25) is 5.95 Å². The minimum Gasteiger partial charge on any atom is -0.497 e. The Morgan fingerprint density at radius 3 is 2.44 bits per heavy atom. The largest absolute Gasteiger partial charge is 0.497 e. The topological polar surface area (TPSA) is 68.3 Å². The minimum absolute atomic E-state index is 0.495. The van der Waals surface area contributed by atoms with Crippen LogP contribution in [0.5, 0.6) is 11.5 Å². The highest BCUT2D eigenvalue weighted by molar-refractivity contribution is 5.66. The first-order valence-corrected chi connectivity index (χ1v) is 8.82. The van der Waals surface area contributed by atoms with Crippen molar-refractivity contribution in [2.24, 2.45) is 0 Å². The zero-order valence-corrected chi connectivity index (χ0v) is 16.0. The van der Waals surface area contributed by atoms with E-state index in [0.29, 0.717) is 11.7 Å². The summed E-state index contributed by atoms with van der Waals surface area (Å²) in [7, 11) is 3.24. The molecule has 3 rings (SSSR count). The Hall–Kier alpha value is -3.28. The van der Waals surface area contributed by atoms with Crippen LogP contribution in [0.15, 0.2) is 48.5 Å². The summed E-state index contributed by atoms with van der Waals surface area (Å²) in [6, 6.07) is 15.7. The molecule has 1 heterocycles. The van der Waals surface area contributed by atoms with E-state index in [2.05, 4.69) is 39.7 Å². The number of anilines is 4. The smallest absolute Gasteiger partial charge is 0.229 e. The molecule has 0 amide bonds. The van der Waals surface area contributed by atoms with E-state index in [1.807, 2.05) is 43.3 Å². The van der Waals surface area contributed by atoms with Gasteiger partial charge in [0, 0.05) is 23.5 Å². The van der Waals surface area contributed by atoms with Crippen LogP contribution in [-0.4, -0.2) is 24.2 Å². The molecule has 140 valence electrons. The third-order valence-corrected chi connectivity index (χ3v) is 4.17. The first-order chi connectivity index (χ1) is 13.1. The van der Waals surface area contributed by atoms with E-state index in [0.717, 1.165) is 35.1 Å². The van der Waals surface area contributed by atoms with Crippen molar-refractivity contribution in [1.29, 1.82) is 0 Å². The van der Waals surface area contributed by atoms with Gasteiger partial charge in [-0.15, -0.1) is 0 Å². The molecule has 0 bridgehead atoms. The van der Waals surface area contributed by atoms with Crippen molar-refractivity contribution in [3.63, 3.8) is 0 Å². The van der Waals surface area contributed by atoms with Crippen LogP contribution < -0.4 is 20.1 Å². The second-order valence-corrected chi connectivity index (χ2v) is 6.05. The van der Waals surface area contributed by atoms with Crippen molar-refractivity contribution in [3.05, 3.63) is 59.8 Å². The Morgan fingerprint density at radius 2 is 1.70 bits per heavy atom. The molecule has 27 heavy (non-hydrogen) atoms. The lowest BCUT2D eigenvalue weighted by Gasteiger charge is -2.14. The van der Waals surface area contributed by atoms with Crippen LogP contribution in [0.2, 0.25) is 0 Å². The van der Waals surface area contributed by atoms with Crippen LogP contribution in [0.3, 0.4) is 0 Å². The molecule has 0 unspecified atom stereocenters. The Kier molecular flexibility index (Phi) is 5.76. The van der Waals surface area contributed by atoms with E-state index >= 15 is 0 Å². The summed E-state index contributed by atoms with van der Waals surface area (Å²) in [6.45, 7) is 4.07. The number of aryl methyl sites for hydroxylation is 2. The predicted octanol–water partition coefficient (Wildman–Crippen LogP) is 4.85. The monoisotopic (exact) mass is 364 g/mol. The molecule has 0 saturated heterocycles. The summed E-state index contributed by atoms with van der Waals surface area (Å²) in [4.78, 5) is 9.08. The second kappa shape index (κ2) is 8.40.